The summed E-state index contributed by atoms with van der Waals surface area (Å²) in [6, 6.07) is 4.12. The van der Waals surface area contributed by atoms with Gasteiger partial charge < -0.3 is 24.1 Å². The number of hydrogen-bond donors (Lipinski definition) is 1. The molecule has 25 heavy (non-hydrogen) atoms. The van der Waals surface area contributed by atoms with Gasteiger partial charge >= 0.3 is 0 Å². The van der Waals surface area contributed by atoms with Crippen LogP contribution in [0.3, 0.4) is 0 Å². The van der Waals surface area contributed by atoms with Gasteiger partial charge in [0, 0.05) is 6.42 Å². The summed E-state index contributed by atoms with van der Waals surface area (Å²) in [6.07, 6.45) is 4.44. The van der Waals surface area contributed by atoms with Crippen molar-refractivity contribution in [2.45, 2.75) is 25.0 Å². The van der Waals surface area contributed by atoms with E-state index >= 15 is 0 Å². The Kier molecular flexibility index (Phi) is 6.82. The Morgan fingerprint density at radius 3 is 2.52 bits per heavy atom. The predicted molar refractivity (Wildman–Crippen MR) is 92.4 cm³/mol. The molecular formula is C18H23NO6. The van der Waals surface area contributed by atoms with Crippen LogP contribution in [0.4, 0.5) is 0 Å². The summed E-state index contributed by atoms with van der Waals surface area (Å²) in [5, 5.41) is 12.9. The SMILES string of the molecule is COC1=C(OC(CO)C(N=O)c2ccc(OC)c(OC)c2)C=CCC1. The van der Waals surface area contributed by atoms with Crippen molar-refractivity contribution in [2.24, 2.45) is 5.18 Å². The van der Waals surface area contributed by atoms with E-state index in [9.17, 15) is 10.0 Å². The van der Waals surface area contributed by atoms with Gasteiger partial charge in [-0.3, -0.25) is 0 Å². The lowest BCUT2D eigenvalue weighted by Gasteiger charge is -2.25. The third kappa shape index (κ3) is 4.30. The van der Waals surface area contributed by atoms with Crippen molar-refractivity contribution in [3.05, 3.63) is 52.3 Å². The topological polar surface area (TPSA) is 86.6 Å². The van der Waals surface area contributed by atoms with Crippen molar-refractivity contribution in [2.75, 3.05) is 27.9 Å². The van der Waals surface area contributed by atoms with Gasteiger partial charge in [0.2, 0.25) is 0 Å². The second-order valence-corrected chi connectivity index (χ2v) is 5.44. The van der Waals surface area contributed by atoms with E-state index in [-0.39, 0.29) is 6.61 Å². The third-order valence-corrected chi connectivity index (χ3v) is 4.00. The van der Waals surface area contributed by atoms with E-state index in [0.29, 0.717) is 35.0 Å². The molecule has 1 aliphatic carbocycles. The maximum Gasteiger partial charge on any atom is 0.161 e. The fourth-order valence-corrected chi connectivity index (χ4v) is 2.67. The summed E-state index contributed by atoms with van der Waals surface area (Å²) in [4.78, 5) is 11.5. The van der Waals surface area contributed by atoms with Gasteiger partial charge in [-0.2, -0.15) is 4.91 Å². The van der Waals surface area contributed by atoms with Crippen LogP contribution in [0.1, 0.15) is 24.4 Å². The molecule has 2 unspecified atom stereocenters. The number of allylic oxidation sites excluding steroid dienone is 3. The Labute approximate surface area is 146 Å². The highest BCUT2D eigenvalue weighted by molar-refractivity contribution is 5.44. The van der Waals surface area contributed by atoms with Crippen LogP contribution in [0, 0.1) is 4.91 Å². The van der Waals surface area contributed by atoms with E-state index in [1.807, 2.05) is 6.08 Å². The molecule has 0 radical (unpaired) electrons. The molecule has 1 aromatic carbocycles. The molecular weight excluding hydrogens is 326 g/mol. The predicted octanol–water partition coefficient (Wildman–Crippen LogP) is 3.10. The Hall–Kier alpha value is -2.54. The summed E-state index contributed by atoms with van der Waals surface area (Å²) in [6.45, 7) is -0.376. The fourth-order valence-electron chi connectivity index (χ4n) is 2.67. The number of hydrogen-bond acceptors (Lipinski definition) is 7. The molecule has 2 atom stereocenters. The number of benzene rings is 1. The summed E-state index contributed by atoms with van der Waals surface area (Å²) in [5.74, 6) is 2.19. The standard InChI is InChI=1S/C18H23NO6/c1-22-13-6-4-5-7-15(13)25-17(11-20)18(19-21)12-8-9-14(23-2)16(10-12)24-3/h5,7-10,17-18,20H,4,6,11H2,1-3H3. The Morgan fingerprint density at radius 2 is 1.92 bits per heavy atom. The van der Waals surface area contributed by atoms with Gasteiger partial charge in [-0.1, -0.05) is 17.3 Å². The van der Waals surface area contributed by atoms with E-state index in [0.717, 1.165) is 6.42 Å². The highest BCUT2D eigenvalue weighted by Gasteiger charge is 2.28. The molecule has 0 saturated carbocycles. The van der Waals surface area contributed by atoms with Gasteiger partial charge in [0.05, 0.1) is 27.9 Å². The highest BCUT2D eigenvalue weighted by Crippen LogP contribution is 2.34. The van der Waals surface area contributed by atoms with Gasteiger partial charge in [-0.05, 0) is 30.2 Å². The van der Waals surface area contributed by atoms with Gasteiger partial charge in [-0.15, -0.1) is 0 Å². The first kappa shape index (κ1) is 18.8. The maximum absolute atomic E-state index is 11.5. The smallest absolute Gasteiger partial charge is 0.161 e. The second kappa shape index (κ2) is 9.08. The molecule has 0 aromatic heterocycles. The summed E-state index contributed by atoms with van der Waals surface area (Å²) < 4.78 is 21.6. The number of aliphatic hydroxyl groups excluding tert-OH is 1. The quantitative estimate of drug-likeness (QED) is 0.690. The van der Waals surface area contributed by atoms with Crippen LogP contribution in [0.2, 0.25) is 0 Å². The van der Waals surface area contributed by atoms with Crippen LogP contribution in [0.5, 0.6) is 11.5 Å². The summed E-state index contributed by atoms with van der Waals surface area (Å²) in [7, 11) is 4.60. The third-order valence-electron chi connectivity index (χ3n) is 4.00. The average Bonchev–Trinajstić information content (AvgIpc) is 2.67. The number of methoxy groups -OCH3 is 3. The van der Waals surface area contributed by atoms with Crippen LogP contribution in [0.15, 0.2) is 47.0 Å². The maximum atomic E-state index is 11.5. The van der Waals surface area contributed by atoms with Crippen molar-refractivity contribution in [1.29, 1.82) is 0 Å². The highest BCUT2D eigenvalue weighted by atomic mass is 16.5. The zero-order valence-corrected chi connectivity index (χ0v) is 14.6. The van der Waals surface area contributed by atoms with Crippen molar-refractivity contribution in [3.8, 4) is 11.5 Å². The van der Waals surface area contributed by atoms with Crippen molar-refractivity contribution < 1.29 is 24.1 Å². The van der Waals surface area contributed by atoms with Crippen molar-refractivity contribution in [3.63, 3.8) is 0 Å². The number of nitroso groups, excluding NO2 is 1. The van der Waals surface area contributed by atoms with Crippen LogP contribution < -0.4 is 9.47 Å². The molecule has 136 valence electrons. The fraction of sp³-hybridized carbons (Fsp3) is 0.444. The van der Waals surface area contributed by atoms with E-state index in [1.165, 1.54) is 14.2 Å². The monoisotopic (exact) mass is 349 g/mol. The van der Waals surface area contributed by atoms with Gasteiger partial charge in [0.1, 0.15) is 5.76 Å². The molecule has 0 spiro atoms. The summed E-state index contributed by atoms with van der Waals surface area (Å²) in [5.41, 5.74) is 0.561. The van der Waals surface area contributed by atoms with Gasteiger partial charge in [0.15, 0.2) is 29.4 Å². The lowest BCUT2D eigenvalue weighted by Crippen LogP contribution is -2.25. The van der Waals surface area contributed by atoms with Gasteiger partial charge in [0.25, 0.3) is 0 Å². The molecule has 0 bridgehead atoms. The minimum Gasteiger partial charge on any atom is -0.497 e. The number of aliphatic hydroxyl groups is 1. The van der Waals surface area contributed by atoms with Crippen LogP contribution >= 0.6 is 0 Å². The van der Waals surface area contributed by atoms with Crippen molar-refractivity contribution >= 4 is 0 Å². The normalized spacial score (nSPS) is 16.2. The Balaban J connectivity index is 2.29. The Morgan fingerprint density at radius 1 is 1.16 bits per heavy atom. The largest absolute Gasteiger partial charge is 0.497 e. The lowest BCUT2D eigenvalue weighted by molar-refractivity contribution is 0.0372. The zero-order chi connectivity index (χ0) is 18.2. The van der Waals surface area contributed by atoms with Crippen molar-refractivity contribution in [1.82, 2.24) is 0 Å². The summed E-state index contributed by atoms with van der Waals surface area (Å²) >= 11 is 0. The van der Waals surface area contributed by atoms with E-state index in [4.69, 9.17) is 18.9 Å². The van der Waals surface area contributed by atoms with Crippen LogP contribution in [-0.4, -0.2) is 39.1 Å². The first-order chi connectivity index (χ1) is 12.2. The minimum absolute atomic E-state index is 0.376. The molecule has 0 heterocycles. The molecule has 0 amide bonds. The zero-order valence-electron chi connectivity index (χ0n) is 14.6. The molecule has 0 aliphatic heterocycles. The van der Waals surface area contributed by atoms with Crippen LogP contribution in [0.25, 0.3) is 0 Å². The number of ether oxygens (including phenoxy) is 4. The average molecular weight is 349 g/mol. The van der Waals surface area contributed by atoms with E-state index in [1.54, 1.807) is 31.4 Å². The molecule has 1 N–H and O–H groups in total. The molecule has 2 rings (SSSR count). The molecule has 0 saturated heterocycles. The Bertz CT molecular complexity index is 655. The first-order valence-corrected chi connectivity index (χ1v) is 7.94. The molecule has 1 aromatic rings. The van der Waals surface area contributed by atoms with Gasteiger partial charge in [-0.25, -0.2) is 0 Å². The molecule has 1 aliphatic rings. The van der Waals surface area contributed by atoms with E-state index in [2.05, 4.69) is 5.18 Å². The molecule has 7 heteroatoms. The van der Waals surface area contributed by atoms with E-state index < -0.39 is 12.1 Å². The second-order valence-electron chi connectivity index (χ2n) is 5.44. The molecule has 7 nitrogen and oxygen atoms in total. The lowest BCUT2D eigenvalue weighted by atomic mass is 10.0. The first-order valence-electron chi connectivity index (χ1n) is 7.94. The van der Waals surface area contributed by atoms with Crippen LogP contribution in [-0.2, 0) is 9.47 Å². The molecule has 0 fully saturated rings. The minimum atomic E-state index is -0.911. The number of rotatable bonds is 9. The number of nitrogens with zero attached hydrogens (tertiary/aromatic N) is 1.